The molecule has 4 saturated heterocycles. The molecule has 3 amide bonds. The first-order valence-corrected chi connectivity index (χ1v) is 16.4. The van der Waals surface area contributed by atoms with Crippen LogP contribution in [0.5, 0.6) is 0 Å². The van der Waals surface area contributed by atoms with Crippen molar-refractivity contribution in [1.29, 1.82) is 0 Å². The number of ether oxygens (including phenoxy) is 3. The minimum Gasteiger partial charge on any atom is -0.477 e. The fourth-order valence-electron chi connectivity index (χ4n) is 6.12. The molecule has 0 aliphatic carbocycles. The first-order valence-electron chi connectivity index (χ1n) is 14.5. The standard InChI is InChI=1S/C27H29N7O11S2/c1-11-17(45-27(41)44-11)9-43-26(40)32-4-3-14(8-32)33-5-2-12(21(33)36)6-13-10-46-23-15(22(37)34(23)19(13)24(38)39)7-16(35)18(30-42)20-29-25(28)47-31-20/h6,11,14-15,17,23,42H,2-5,7-10H2,1H3,(H,38,39)(H2,28,29,31)/b12-6+,30-18-/t11?,14-,15?,17?,23-/m1/s1. The average molecular weight is 692 g/mol. The fraction of sp³-hybridized carbons (Fsp3) is 0.519. The number of fused-ring (bicyclic) bond motifs is 1. The van der Waals surface area contributed by atoms with Gasteiger partial charge < -0.3 is 40.1 Å². The Bertz CT molecular complexity index is 1640. The molecule has 6 heterocycles. The average Bonchev–Trinajstić information content (AvgIpc) is 3.83. The van der Waals surface area contributed by atoms with E-state index in [0.29, 0.717) is 37.1 Å². The Morgan fingerprint density at radius 2 is 2.00 bits per heavy atom. The van der Waals surface area contributed by atoms with E-state index in [4.69, 9.17) is 19.9 Å². The highest BCUT2D eigenvalue weighted by molar-refractivity contribution is 8.00. The highest BCUT2D eigenvalue weighted by Crippen LogP contribution is 2.46. The number of ketones is 1. The number of amides is 3. The number of β-lactam (4-membered cyclic amide) rings is 1. The van der Waals surface area contributed by atoms with Gasteiger partial charge in [-0.3, -0.25) is 19.3 Å². The van der Waals surface area contributed by atoms with Crippen molar-refractivity contribution < 1.29 is 53.3 Å². The van der Waals surface area contributed by atoms with Crippen molar-refractivity contribution in [3.63, 3.8) is 0 Å². The third-order valence-corrected chi connectivity index (χ3v) is 10.4. The topological polar surface area (TPSA) is 244 Å². The number of allylic oxidation sites excluding steroid dienone is 1. The molecule has 0 aromatic carbocycles. The monoisotopic (exact) mass is 691 g/mol. The van der Waals surface area contributed by atoms with Gasteiger partial charge in [0.05, 0.1) is 17.3 Å². The van der Waals surface area contributed by atoms with E-state index in [2.05, 4.69) is 14.5 Å². The van der Waals surface area contributed by atoms with Gasteiger partial charge in [-0.1, -0.05) is 5.16 Å². The van der Waals surface area contributed by atoms with E-state index in [9.17, 15) is 39.1 Å². The van der Waals surface area contributed by atoms with E-state index in [-0.39, 0.29) is 53.9 Å². The summed E-state index contributed by atoms with van der Waals surface area (Å²) in [4.78, 5) is 83.7. The fourth-order valence-corrected chi connectivity index (χ4v) is 7.93. The van der Waals surface area contributed by atoms with E-state index < -0.39 is 59.1 Å². The number of cyclic esters (lactones) is 2. The van der Waals surface area contributed by atoms with Crippen LogP contribution in [-0.2, 0) is 33.4 Å². The van der Waals surface area contributed by atoms with Gasteiger partial charge in [-0.2, -0.15) is 9.36 Å². The SMILES string of the molecule is CC1OC(=O)OC1COC(=O)N1CC[C@@H](N2CC/C(=C\C3=C(C(=O)O)N4C(=O)C(CC(=O)/C(=N/O)c5nsc(N)n5)[C@H]4SC3)C2=O)C1. The number of Topliss-reactive ketones (excluding diaryl/α,β-unsaturated/α-hetero) is 1. The summed E-state index contributed by atoms with van der Waals surface area (Å²) >= 11 is 2.07. The normalized spacial score (nSPS) is 28.4. The number of nitrogen functional groups attached to an aromatic ring is 1. The van der Waals surface area contributed by atoms with Gasteiger partial charge in [-0.05, 0) is 31.4 Å². The number of carbonyl (C=O) groups excluding carboxylic acids is 5. The van der Waals surface area contributed by atoms with Crippen LogP contribution in [0.1, 0.15) is 32.0 Å². The number of anilines is 1. The minimum absolute atomic E-state index is 0.0615. The summed E-state index contributed by atoms with van der Waals surface area (Å²) in [6.45, 7) is 2.45. The lowest BCUT2D eigenvalue weighted by Crippen LogP contribution is -2.62. The number of carboxylic acids is 1. The lowest BCUT2D eigenvalue weighted by atomic mass is 9.89. The van der Waals surface area contributed by atoms with Crippen LogP contribution in [0.2, 0.25) is 0 Å². The van der Waals surface area contributed by atoms with Gasteiger partial charge in [0, 0.05) is 48.9 Å². The third-order valence-electron chi connectivity index (χ3n) is 8.53. The molecule has 1 aromatic heterocycles. The molecule has 18 nitrogen and oxygen atoms in total. The van der Waals surface area contributed by atoms with Crippen LogP contribution in [-0.4, -0.2) is 132 Å². The lowest BCUT2D eigenvalue weighted by Gasteiger charge is -2.49. The molecule has 0 saturated carbocycles. The zero-order valence-corrected chi connectivity index (χ0v) is 26.4. The van der Waals surface area contributed by atoms with Crippen LogP contribution in [0.4, 0.5) is 14.7 Å². The van der Waals surface area contributed by atoms with E-state index in [0.717, 1.165) is 16.4 Å². The number of nitrogens with zero attached hydrogens (tertiary/aromatic N) is 6. The molecule has 4 fully saturated rings. The Labute approximate surface area is 274 Å². The Balaban J connectivity index is 1.08. The number of nitrogens with two attached hydrogens (primary N) is 1. The Hall–Kier alpha value is -4.72. The molecule has 6 rings (SSSR count). The molecule has 0 radical (unpaired) electrons. The van der Waals surface area contributed by atoms with Gasteiger partial charge >= 0.3 is 18.2 Å². The Morgan fingerprint density at radius 1 is 1.21 bits per heavy atom. The summed E-state index contributed by atoms with van der Waals surface area (Å²) in [6, 6.07) is -0.274. The van der Waals surface area contributed by atoms with Crippen LogP contribution < -0.4 is 5.73 Å². The van der Waals surface area contributed by atoms with Crippen molar-refractivity contribution in [3.8, 4) is 0 Å². The van der Waals surface area contributed by atoms with Crippen LogP contribution in [0.3, 0.4) is 0 Å². The van der Waals surface area contributed by atoms with Crippen molar-refractivity contribution in [2.45, 2.75) is 49.8 Å². The molecule has 5 aliphatic heterocycles. The maximum absolute atomic E-state index is 13.4. The Kier molecular flexibility index (Phi) is 8.79. The van der Waals surface area contributed by atoms with Gasteiger partial charge in [0.2, 0.25) is 17.6 Å². The van der Waals surface area contributed by atoms with Crippen molar-refractivity contribution in [2.75, 3.05) is 37.7 Å². The van der Waals surface area contributed by atoms with Crippen molar-refractivity contribution in [1.82, 2.24) is 24.1 Å². The predicted octanol–water partition coefficient (Wildman–Crippen LogP) is 0.421. The molecule has 1 aromatic rings. The molecule has 20 heteroatoms. The van der Waals surface area contributed by atoms with Crippen molar-refractivity contribution >= 4 is 70.0 Å². The lowest BCUT2D eigenvalue weighted by molar-refractivity contribution is -0.153. The number of rotatable bonds is 9. The number of carboxylic acid groups (broad SMARTS) is 1. The first-order chi connectivity index (χ1) is 22.5. The van der Waals surface area contributed by atoms with Gasteiger partial charge in [-0.15, -0.1) is 11.8 Å². The molecule has 4 N–H and O–H groups in total. The number of thioether (sulfide) groups is 1. The maximum Gasteiger partial charge on any atom is 0.509 e. The van der Waals surface area contributed by atoms with E-state index >= 15 is 0 Å². The smallest absolute Gasteiger partial charge is 0.477 e. The number of carbonyl (C=O) groups is 6. The van der Waals surface area contributed by atoms with Gasteiger partial charge in [0.25, 0.3) is 0 Å². The highest BCUT2D eigenvalue weighted by Gasteiger charge is 2.54. The molecule has 0 bridgehead atoms. The molecule has 5 atom stereocenters. The number of hydrogen-bond acceptors (Lipinski definition) is 16. The second-order valence-electron chi connectivity index (χ2n) is 11.3. The van der Waals surface area contributed by atoms with Crippen molar-refractivity contribution in [2.24, 2.45) is 11.1 Å². The summed E-state index contributed by atoms with van der Waals surface area (Å²) in [6.07, 6.45) is -0.630. The van der Waals surface area contributed by atoms with Gasteiger partial charge in [0.1, 0.15) is 18.4 Å². The van der Waals surface area contributed by atoms with E-state index in [1.165, 1.54) is 22.7 Å². The second kappa shape index (κ2) is 12.8. The summed E-state index contributed by atoms with van der Waals surface area (Å²) < 4.78 is 19.0. The minimum atomic E-state index is -1.35. The molecular formula is C27H29N7O11S2. The molecule has 47 heavy (non-hydrogen) atoms. The van der Waals surface area contributed by atoms with Crippen LogP contribution >= 0.6 is 23.3 Å². The largest absolute Gasteiger partial charge is 0.509 e. The molecule has 3 unspecified atom stereocenters. The van der Waals surface area contributed by atoms with E-state index in [1.807, 2.05) is 0 Å². The summed E-state index contributed by atoms with van der Waals surface area (Å²) in [5.41, 5.74) is 5.52. The maximum atomic E-state index is 13.4. The third kappa shape index (κ3) is 6.09. The highest BCUT2D eigenvalue weighted by atomic mass is 32.2. The van der Waals surface area contributed by atoms with Gasteiger partial charge in [-0.25, -0.2) is 14.4 Å². The predicted molar refractivity (Wildman–Crippen MR) is 160 cm³/mol. The number of aromatic nitrogens is 2. The number of hydrogen-bond donors (Lipinski definition) is 3. The first kappa shape index (κ1) is 32.2. The molecule has 0 spiro atoms. The molecular weight excluding hydrogens is 662 g/mol. The number of likely N-dealkylation sites (tertiary alicyclic amines) is 2. The Morgan fingerprint density at radius 3 is 2.66 bits per heavy atom. The zero-order chi connectivity index (χ0) is 33.6. The quantitative estimate of drug-likeness (QED) is 0.0793. The molecule has 5 aliphatic rings. The second-order valence-corrected chi connectivity index (χ2v) is 13.2. The van der Waals surface area contributed by atoms with Crippen LogP contribution in [0.15, 0.2) is 28.1 Å². The van der Waals surface area contributed by atoms with Crippen molar-refractivity contribution in [3.05, 3.63) is 28.7 Å². The summed E-state index contributed by atoms with van der Waals surface area (Å²) in [5.74, 6) is -3.78. The van der Waals surface area contributed by atoms with E-state index in [1.54, 1.807) is 11.8 Å². The molecule has 250 valence electrons. The van der Waals surface area contributed by atoms with Crippen LogP contribution in [0, 0.1) is 5.92 Å². The van der Waals surface area contributed by atoms with Crippen LogP contribution in [0.25, 0.3) is 0 Å². The number of oxime groups is 1. The summed E-state index contributed by atoms with van der Waals surface area (Å²) in [7, 11) is 0. The van der Waals surface area contributed by atoms with Gasteiger partial charge in [0.15, 0.2) is 22.7 Å². The number of aliphatic carboxylic acids is 1. The summed E-state index contributed by atoms with van der Waals surface area (Å²) in [5, 5.41) is 21.8. The zero-order valence-electron chi connectivity index (χ0n) is 24.8.